The molecule has 0 fully saturated rings. The van der Waals surface area contributed by atoms with Crippen molar-refractivity contribution in [3.63, 3.8) is 0 Å². The Balaban J connectivity index is 2.74. The zero-order chi connectivity index (χ0) is 10.3. The SMILES string of the molecule is Cn1cc2cc(S(=O)(=O)Cl)cnc2n1. The van der Waals surface area contributed by atoms with Crippen LogP contribution in [-0.4, -0.2) is 23.2 Å². The van der Waals surface area contributed by atoms with Crippen LogP contribution in [0.5, 0.6) is 0 Å². The van der Waals surface area contributed by atoms with E-state index >= 15 is 0 Å². The predicted octanol–water partition coefficient (Wildman–Crippen LogP) is 0.896. The lowest BCUT2D eigenvalue weighted by molar-refractivity contribution is 0.609. The molecule has 0 amide bonds. The minimum absolute atomic E-state index is 0.0142. The van der Waals surface area contributed by atoms with Crippen molar-refractivity contribution < 1.29 is 8.42 Å². The topological polar surface area (TPSA) is 64.8 Å². The molecule has 0 bridgehead atoms. The lowest BCUT2D eigenvalue weighted by Crippen LogP contribution is -1.91. The van der Waals surface area contributed by atoms with E-state index < -0.39 is 9.05 Å². The Bertz CT molecular complexity index is 590. The summed E-state index contributed by atoms with van der Waals surface area (Å²) in [6.45, 7) is 0. The van der Waals surface area contributed by atoms with Gasteiger partial charge in [-0.2, -0.15) is 5.10 Å². The highest BCUT2D eigenvalue weighted by atomic mass is 35.7. The Labute approximate surface area is 84.7 Å². The van der Waals surface area contributed by atoms with Gasteiger partial charge < -0.3 is 0 Å². The van der Waals surface area contributed by atoms with Crippen molar-refractivity contribution in [2.45, 2.75) is 4.90 Å². The summed E-state index contributed by atoms with van der Waals surface area (Å²) >= 11 is 0. The monoisotopic (exact) mass is 231 g/mol. The molecule has 0 aliphatic rings. The van der Waals surface area contributed by atoms with Gasteiger partial charge in [-0.1, -0.05) is 0 Å². The van der Waals surface area contributed by atoms with E-state index in [1.54, 1.807) is 17.9 Å². The van der Waals surface area contributed by atoms with Gasteiger partial charge >= 0.3 is 0 Å². The minimum atomic E-state index is -3.71. The Hall–Kier alpha value is -1.14. The summed E-state index contributed by atoms with van der Waals surface area (Å²) in [7, 11) is 3.19. The maximum atomic E-state index is 11.0. The molecule has 0 aliphatic heterocycles. The van der Waals surface area contributed by atoms with Crippen molar-refractivity contribution in [3.05, 3.63) is 18.5 Å². The molecule has 2 aromatic rings. The molecule has 0 saturated heterocycles. The summed E-state index contributed by atoms with van der Waals surface area (Å²) < 4.78 is 23.5. The summed E-state index contributed by atoms with van der Waals surface area (Å²) in [6.07, 6.45) is 2.87. The van der Waals surface area contributed by atoms with E-state index in [0.717, 1.165) is 0 Å². The third-order valence-corrected chi connectivity index (χ3v) is 3.05. The van der Waals surface area contributed by atoms with E-state index in [1.807, 2.05) is 0 Å². The molecule has 2 heterocycles. The first-order chi connectivity index (χ1) is 6.47. The van der Waals surface area contributed by atoms with Gasteiger partial charge in [-0.25, -0.2) is 13.4 Å². The van der Waals surface area contributed by atoms with Crippen molar-refractivity contribution in [1.82, 2.24) is 14.8 Å². The number of halogens is 1. The van der Waals surface area contributed by atoms with Gasteiger partial charge in [0, 0.05) is 35.5 Å². The van der Waals surface area contributed by atoms with Gasteiger partial charge in [0.2, 0.25) is 0 Å². The number of rotatable bonds is 1. The first kappa shape index (κ1) is 9.42. The van der Waals surface area contributed by atoms with Crippen LogP contribution in [0.15, 0.2) is 23.4 Å². The quantitative estimate of drug-likeness (QED) is 0.684. The summed E-state index contributed by atoms with van der Waals surface area (Å²) in [5, 5.41) is 4.65. The number of aryl methyl sites for hydroxylation is 1. The lowest BCUT2D eigenvalue weighted by Gasteiger charge is -1.93. The highest BCUT2D eigenvalue weighted by Gasteiger charge is 2.12. The number of aromatic nitrogens is 3. The molecule has 0 aromatic carbocycles. The van der Waals surface area contributed by atoms with Crippen LogP contribution in [0.2, 0.25) is 0 Å². The van der Waals surface area contributed by atoms with Crippen LogP contribution >= 0.6 is 10.7 Å². The fraction of sp³-hybridized carbons (Fsp3) is 0.143. The Kier molecular flexibility index (Phi) is 1.97. The zero-order valence-electron chi connectivity index (χ0n) is 7.18. The van der Waals surface area contributed by atoms with E-state index in [0.29, 0.717) is 11.0 Å². The molecule has 74 valence electrons. The van der Waals surface area contributed by atoms with Gasteiger partial charge in [-0.05, 0) is 6.07 Å². The molecular weight excluding hydrogens is 226 g/mol. The fourth-order valence-corrected chi connectivity index (χ4v) is 1.85. The number of hydrogen-bond acceptors (Lipinski definition) is 4. The van der Waals surface area contributed by atoms with Crippen molar-refractivity contribution in [2.24, 2.45) is 7.05 Å². The number of fused-ring (bicyclic) bond motifs is 1. The normalized spacial score (nSPS) is 12.1. The molecule has 0 N–H and O–H groups in total. The maximum absolute atomic E-state index is 11.0. The summed E-state index contributed by atoms with van der Waals surface area (Å²) in [5.41, 5.74) is 0.497. The maximum Gasteiger partial charge on any atom is 0.262 e. The van der Waals surface area contributed by atoms with Gasteiger partial charge in [-0.3, -0.25) is 4.68 Å². The molecule has 0 unspecified atom stereocenters. The fourth-order valence-electron chi connectivity index (χ4n) is 1.15. The first-order valence-electron chi connectivity index (χ1n) is 3.71. The second-order valence-electron chi connectivity index (χ2n) is 2.82. The molecule has 2 aromatic heterocycles. The van der Waals surface area contributed by atoms with Crippen molar-refractivity contribution in [1.29, 1.82) is 0 Å². The van der Waals surface area contributed by atoms with Gasteiger partial charge in [-0.15, -0.1) is 0 Å². The molecule has 7 heteroatoms. The Morgan fingerprint density at radius 1 is 1.50 bits per heavy atom. The van der Waals surface area contributed by atoms with Gasteiger partial charge in [0.1, 0.15) is 4.90 Å². The number of nitrogens with zero attached hydrogens (tertiary/aromatic N) is 3. The van der Waals surface area contributed by atoms with Crippen molar-refractivity contribution in [2.75, 3.05) is 0 Å². The van der Waals surface area contributed by atoms with Crippen LogP contribution in [0.3, 0.4) is 0 Å². The van der Waals surface area contributed by atoms with Crippen LogP contribution in [0.4, 0.5) is 0 Å². The molecular formula is C7H6ClN3O2S. The number of pyridine rings is 1. The predicted molar refractivity (Wildman–Crippen MR) is 51.5 cm³/mol. The van der Waals surface area contributed by atoms with E-state index in [4.69, 9.17) is 10.7 Å². The van der Waals surface area contributed by atoms with Crippen LogP contribution in [0, 0.1) is 0 Å². The van der Waals surface area contributed by atoms with Crippen LogP contribution < -0.4 is 0 Å². The molecule has 5 nitrogen and oxygen atoms in total. The highest BCUT2D eigenvalue weighted by molar-refractivity contribution is 8.13. The molecule has 0 saturated carbocycles. The first-order valence-corrected chi connectivity index (χ1v) is 6.02. The average molecular weight is 232 g/mol. The Morgan fingerprint density at radius 2 is 2.21 bits per heavy atom. The summed E-state index contributed by atoms with van der Waals surface area (Å²) in [4.78, 5) is 3.86. The molecule has 0 atom stereocenters. The second kappa shape index (κ2) is 2.93. The molecule has 0 spiro atoms. The van der Waals surface area contributed by atoms with Crippen LogP contribution in [-0.2, 0) is 16.1 Å². The van der Waals surface area contributed by atoms with E-state index in [1.165, 1.54) is 12.3 Å². The molecule has 0 aliphatic carbocycles. The van der Waals surface area contributed by atoms with Gasteiger partial charge in [0.25, 0.3) is 9.05 Å². The standard InChI is InChI=1S/C7H6ClN3O2S/c1-11-4-5-2-6(14(8,12)13)3-9-7(5)10-11/h2-4H,1H3. The molecule has 14 heavy (non-hydrogen) atoms. The number of hydrogen-bond donors (Lipinski definition) is 0. The van der Waals surface area contributed by atoms with Gasteiger partial charge in [0.05, 0.1) is 0 Å². The minimum Gasteiger partial charge on any atom is -0.273 e. The van der Waals surface area contributed by atoms with Crippen LogP contribution in [0.25, 0.3) is 11.0 Å². The summed E-state index contributed by atoms with van der Waals surface area (Å²) in [6, 6.07) is 1.44. The lowest BCUT2D eigenvalue weighted by atomic mass is 10.4. The van der Waals surface area contributed by atoms with Crippen molar-refractivity contribution in [3.8, 4) is 0 Å². The average Bonchev–Trinajstić information content (AvgIpc) is 2.41. The third kappa shape index (κ3) is 1.58. The van der Waals surface area contributed by atoms with E-state index in [2.05, 4.69) is 10.1 Å². The molecule has 0 radical (unpaired) electrons. The Morgan fingerprint density at radius 3 is 2.86 bits per heavy atom. The van der Waals surface area contributed by atoms with Gasteiger partial charge in [0.15, 0.2) is 5.65 Å². The summed E-state index contributed by atoms with van der Waals surface area (Å²) in [5.74, 6) is 0. The third-order valence-electron chi connectivity index (χ3n) is 1.73. The molecule has 2 rings (SSSR count). The second-order valence-corrected chi connectivity index (χ2v) is 5.39. The van der Waals surface area contributed by atoms with E-state index in [-0.39, 0.29) is 4.90 Å². The zero-order valence-corrected chi connectivity index (χ0v) is 8.75. The van der Waals surface area contributed by atoms with Crippen molar-refractivity contribution >= 4 is 30.8 Å². The van der Waals surface area contributed by atoms with Crippen LogP contribution in [0.1, 0.15) is 0 Å². The largest absolute Gasteiger partial charge is 0.273 e. The smallest absolute Gasteiger partial charge is 0.262 e. The van der Waals surface area contributed by atoms with E-state index in [9.17, 15) is 8.42 Å². The highest BCUT2D eigenvalue weighted by Crippen LogP contribution is 2.18.